The standard InChI is InChI=1S/C26H27BrN6O2/c1-33(2)20-13-21(14-20)35-23-7-6-18(12-24(23)34-3)31-26-28-9-8-25(32-26)30-19-10-16-4-5-17(27)11-22(16)29-15-19/h4-12,15,20-21H,13-14H2,1-3H3,(H2,28,30,31,32). The Labute approximate surface area is 212 Å². The first-order valence-corrected chi connectivity index (χ1v) is 12.2. The van der Waals surface area contributed by atoms with E-state index in [1.54, 1.807) is 19.5 Å². The van der Waals surface area contributed by atoms with Crippen molar-refractivity contribution in [3.05, 3.63) is 65.4 Å². The molecule has 2 aromatic heterocycles. The summed E-state index contributed by atoms with van der Waals surface area (Å²) in [6.07, 6.45) is 5.75. The molecule has 0 spiro atoms. The average Bonchev–Trinajstić information content (AvgIpc) is 2.82. The Balaban J connectivity index is 1.26. The first-order valence-electron chi connectivity index (χ1n) is 11.4. The van der Waals surface area contributed by atoms with Gasteiger partial charge < -0.3 is 25.0 Å². The zero-order valence-corrected chi connectivity index (χ0v) is 21.4. The summed E-state index contributed by atoms with van der Waals surface area (Å²) in [5, 5.41) is 7.59. The van der Waals surface area contributed by atoms with E-state index in [0.717, 1.165) is 45.3 Å². The molecule has 2 aromatic carbocycles. The lowest BCUT2D eigenvalue weighted by Crippen LogP contribution is -2.46. The van der Waals surface area contributed by atoms with Crippen LogP contribution >= 0.6 is 15.9 Å². The summed E-state index contributed by atoms with van der Waals surface area (Å²) < 4.78 is 12.7. The van der Waals surface area contributed by atoms with Gasteiger partial charge in [0.25, 0.3) is 0 Å². The van der Waals surface area contributed by atoms with Crippen LogP contribution in [-0.4, -0.2) is 53.2 Å². The molecule has 9 heteroatoms. The summed E-state index contributed by atoms with van der Waals surface area (Å²) in [4.78, 5) is 15.7. The number of ether oxygens (including phenoxy) is 2. The van der Waals surface area contributed by atoms with Crippen LogP contribution in [-0.2, 0) is 0 Å². The summed E-state index contributed by atoms with van der Waals surface area (Å²) >= 11 is 3.48. The van der Waals surface area contributed by atoms with E-state index in [2.05, 4.69) is 60.5 Å². The second kappa shape index (κ2) is 10.1. The van der Waals surface area contributed by atoms with Crippen LogP contribution in [0.5, 0.6) is 11.5 Å². The smallest absolute Gasteiger partial charge is 0.229 e. The molecule has 8 nitrogen and oxygen atoms in total. The highest BCUT2D eigenvalue weighted by Gasteiger charge is 2.32. The quantitative estimate of drug-likeness (QED) is 0.295. The Morgan fingerprint density at radius 2 is 1.80 bits per heavy atom. The number of rotatable bonds is 8. The molecule has 0 amide bonds. The van der Waals surface area contributed by atoms with E-state index in [1.165, 1.54) is 0 Å². The van der Waals surface area contributed by atoms with Crippen LogP contribution < -0.4 is 20.1 Å². The van der Waals surface area contributed by atoms with Crippen molar-refractivity contribution >= 4 is 50.0 Å². The number of nitrogens with one attached hydrogen (secondary N) is 2. The lowest BCUT2D eigenvalue weighted by molar-refractivity contribution is 0.0383. The molecule has 4 aromatic rings. The minimum atomic E-state index is 0.215. The highest BCUT2D eigenvalue weighted by molar-refractivity contribution is 9.10. The van der Waals surface area contributed by atoms with Gasteiger partial charge in [0.1, 0.15) is 11.9 Å². The molecule has 1 aliphatic carbocycles. The largest absolute Gasteiger partial charge is 0.493 e. The molecular formula is C26H27BrN6O2. The number of anilines is 4. The first-order chi connectivity index (χ1) is 17.0. The Kier molecular flexibility index (Phi) is 6.70. The van der Waals surface area contributed by atoms with Gasteiger partial charge >= 0.3 is 0 Å². The monoisotopic (exact) mass is 534 g/mol. The number of nitrogens with zero attached hydrogens (tertiary/aromatic N) is 4. The van der Waals surface area contributed by atoms with Crippen molar-refractivity contribution in [1.29, 1.82) is 0 Å². The van der Waals surface area contributed by atoms with Gasteiger partial charge in [0.15, 0.2) is 11.5 Å². The molecule has 0 aliphatic heterocycles. The highest BCUT2D eigenvalue weighted by Crippen LogP contribution is 2.36. The predicted octanol–water partition coefficient (Wildman–Crippen LogP) is 5.75. The van der Waals surface area contributed by atoms with E-state index in [9.17, 15) is 0 Å². The maximum Gasteiger partial charge on any atom is 0.229 e. The van der Waals surface area contributed by atoms with E-state index in [-0.39, 0.29) is 6.10 Å². The fraction of sp³-hybridized carbons (Fsp3) is 0.269. The molecule has 1 saturated carbocycles. The van der Waals surface area contributed by atoms with Crippen LogP contribution in [0.3, 0.4) is 0 Å². The molecule has 2 N–H and O–H groups in total. The number of hydrogen-bond acceptors (Lipinski definition) is 8. The highest BCUT2D eigenvalue weighted by atomic mass is 79.9. The maximum atomic E-state index is 6.15. The van der Waals surface area contributed by atoms with Gasteiger partial charge in [-0.05, 0) is 63.3 Å². The number of aromatic nitrogens is 3. The van der Waals surface area contributed by atoms with Crippen LogP contribution in [0.15, 0.2) is 65.4 Å². The third-order valence-corrected chi connectivity index (χ3v) is 6.58. The molecule has 0 unspecified atom stereocenters. The third-order valence-electron chi connectivity index (χ3n) is 6.09. The van der Waals surface area contributed by atoms with Crippen molar-refractivity contribution in [2.24, 2.45) is 0 Å². The Bertz CT molecular complexity index is 1340. The van der Waals surface area contributed by atoms with E-state index < -0.39 is 0 Å². The molecule has 0 bridgehead atoms. The molecular weight excluding hydrogens is 508 g/mol. The third kappa shape index (κ3) is 5.47. The number of pyridine rings is 1. The fourth-order valence-corrected chi connectivity index (χ4v) is 4.36. The van der Waals surface area contributed by atoms with Crippen molar-refractivity contribution in [2.75, 3.05) is 31.8 Å². The van der Waals surface area contributed by atoms with Crippen LogP contribution in [0.1, 0.15) is 12.8 Å². The number of hydrogen-bond donors (Lipinski definition) is 2. The fourth-order valence-electron chi connectivity index (χ4n) is 4.01. The van der Waals surface area contributed by atoms with Gasteiger partial charge in [-0.1, -0.05) is 22.0 Å². The molecule has 1 fully saturated rings. The molecule has 35 heavy (non-hydrogen) atoms. The van der Waals surface area contributed by atoms with Gasteiger partial charge in [0.2, 0.25) is 5.95 Å². The van der Waals surface area contributed by atoms with Crippen molar-refractivity contribution < 1.29 is 9.47 Å². The summed E-state index contributed by atoms with van der Waals surface area (Å²) in [6, 6.07) is 16.2. The Morgan fingerprint density at radius 3 is 2.60 bits per heavy atom. The van der Waals surface area contributed by atoms with Crippen molar-refractivity contribution in [3.63, 3.8) is 0 Å². The molecule has 0 saturated heterocycles. The lowest BCUT2D eigenvalue weighted by Gasteiger charge is -2.39. The van der Waals surface area contributed by atoms with E-state index in [0.29, 0.717) is 23.6 Å². The first kappa shape index (κ1) is 23.3. The van der Waals surface area contributed by atoms with Gasteiger partial charge in [-0.3, -0.25) is 4.98 Å². The second-order valence-corrected chi connectivity index (χ2v) is 9.69. The zero-order valence-electron chi connectivity index (χ0n) is 19.8. The normalized spacial score (nSPS) is 17.2. The van der Waals surface area contributed by atoms with Crippen molar-refractivity contribution in [2.45, 2.75) is 25.0 Å². The summed E-state index contributed by atoms with van der Waals surface area (Å²) in [6.45, 7) is 0. The van der Waals surface area contributed by atoms with Gasteiger partial charge in [-0.15, -0.1) is 0 Å². The molecule has 180 valence electrons. The Morgan fingerprint density at radius 1 is 0.943 bits per heavy atom. The predicted molar refractivity (Wildman–Crippen MR) is 142 cm³/mol. The number of methoxy groups -OCH3 is 1. The number of fused-ring (bicyclic) bond motifs is 1. The van der Waals surface area contributed by atoms with Crippen LogP contribution in [0.25, 0.3) is 10.9 Å². The van der Waals surface area contributed by atoms with Crippen LogP contribution in [0, 0.1) is 0 Å². The van der Waals surface area contributed by atoms with Crippen LogP contribution in [0.4, 0.5) is 23.1 Å². The van der Waals surface area contributed by atoms with Gasteiger partial charge in [0, 0.05) is 33.9 Å². The minimum absolute atomic E-state index is 0.215. The second-order valence-electron chi connectivity index (χ2n) is 8.77. The molecule has 2 heterocycles. The van der Waals surface area contributed by atoms with Crippen molar-refractivity contribution in [3.8, 4) is 11.5 Å². The molecule has 0 atom stereocenters. The summed E-state index contributed by atoms with van der Waals surface area (Å²) in [5.74, 6) is 2.54. The minimum Gasteiger partial charge on any atom is -0.493 e. The molecule has 0 radical (unpaired) electrons. The number of benzene rings is 2. The molecule has 5 rings (SSSR count). The van der Waals surface area contributed by atoms with Crippen LogP contribution in [0.2, 0.25) is 0 Å². The summed E-state index contributed by atoms with van der Waals surface area (Å²) in [5.41, 5.74) is 2.58. The maximum absolute atomic E-state index is 6.15. The van der Waals surface area contributed by atoms with Gasteiger partial charge in [-0.2, -0.15) is 4.98 Å². The zero-order chi connectivity index (χ0) is 24.4. The van der Waals surface area contributed by atoms with E-state index >= 15 is 0 Å². The molecule has 1 aliphatic rings. The summed E-state index contributed by atoms with van der Waals surface area (Å²) in [7, 11) is 5.85. The average molecular weight is 535 g/mol. The SMILES string of the molecule is COc1cc(Nc2nccc(Nc3cnc4cc(Br)ccc4c3)n2)ccc1OC1CC(N(C)C)C1. The topological polar surface area (TPSA) is 84.4 Å². The van der Waals surface area contributed by atoms with E-state index in [1.807, 2.05) is 48.5 Å². The van der Waals surface area contributed by atoms with Gasteiger partial charge in [0.05, 0.1) is 24.5 Å². The lowest BCUT2D eigenvalue weighted by atomic mass is 9.88. The van der Waals surface area contributed by atoms with Crippen molar-refractivity contribution in [1.82, 2.24) is 19.9 Å². The number of halogens is 1. The Hall–Kier alpha value is -3.43. The van der Waals surface area contributed by atoms with E-state index in [4.69, 9.17) is 9.47 Å². The van der Waals surface area contributed by atoms with Gasteiger partial charge in [-0.25, -0.2) is 4.98 Å².